The van der Waals surface area contributed by atoms with Crippen LogP contribution < -0.4 is 11.3 Å². The zero-order valence-corrected chi connectivity index (χ0v) is 9.28. The summed E-state index contributed by atoms with van der Waals surface area (Å²) in [7, 11) is 0. The van der Waals surface area contributed by atoms with Crippen LogP contribution in [-0.4, -0.2) is 32.5 Å². The smallest absolute Gasteiger partial charge is 0.0509 e. The molecular formula is C11H22N2O2. The van der Waals surface area contributed by atoms with Crippen LogP contribution in [0.1, 0.15) is 25.7 Å². The molecule has 2 fully saturated rings. The molecular weight excluding hydrogens is 192 g/mol. The van der Waals surface area contributed by atoms with Crippen molar-refractivity contribution in [1.29, 1.82) is 0 Å². The molecule has 0 aromatic rings. The molecule has 4 nitrogen and oxygen atoms in total. The molecule has 0 aromatic heterocycles. The van der Waals surface area contributed by atoms with Gasteiger partial charge in [-0.2, -0.15) is 0 Å². The van der Waals surface area contributed by atoms with Crippen molar-refractivity contribution in [3.63, 3.8) is 0 Å². The van der Waals surface area contributed by atoms with Gasteiger partial charge in [0, 0.05) is 19.3 Å². The van der Waals surface area contributed by atoms with Crippen LogP contribution in [0.25, 0.3) is 0 Å². The number of hydrazine groups is 1. The Bertz CT molecular complexity index is 159. The number of ether oxygens (including phenoxy) is 2. The summed E-state index contributed by atoms with van der Waals surface area (Å²) in [5, 5.41) is 0. The molecule has 0 amide bonds. The van der Waals surface area contributed by atoms with E-state index in [0.29, 0.717) is 17.9 Å². The first kappa shape index (κ1) is 11.3. The molecule has 2 saturated heterocycles. The molecule has 0 aromatic carbocycles. The average Bonchev–Trinajstić information content (AvgIpc) is 2.33. The van der Waals surface area contributed by atoms with E-state index in [9.17, 15) is 0 Å². The summed E-state index contributed by atoms with van der Waals surface area (Å²) in [5.41, 5.74) is 2.98. The molecule has 0 spiro atoms. The van der Waals surface area contributed by atoms with Crippen LogP contribution in [-0.2, 0) is 9.47 Å². The molecule has 15 heavy (non-hydrogen) atoms. The number of nitrogens with one attached hydrogen (secondary N) is 1. The Morgan fingerprint density at radius 1 is 1.00 bits per heavy atom. The van der Waals surface area contributed by atoms with Gasteiger partial charge in [0.15, 0.2) is 0 Å². The predicted molar refractivity (Wildman–Crippen MR) is 58.2 cm³/mol. The maximum absolute atomic E-state index is 5.67. The number of nitrogens with two attached hydrogens (primary N) is 1. The van der Waals surface area contributed by atoms with Crippen LogP contribution in [0.5, 0.6) is 0 Å². The van der Waals surface area contributed by atoms with Crippen LogP contribution >= 0.6 is 0 Å². The van der Waals surface area contributed by atoms with E-state index >= 15 is 0 Å². The van der Waals surface area contributed by atoms with Crippen LogP contribution in [0.3, 0.4) is 0 Å². The first-order valence-electron chi connectivity index (χ1n) is 6.03. The zero-order valence-electron chi connectivity index (χ0n) is 9.28. The molecule has 2 rings (SSSR count). The summed E-state index contributed by atoms with van der Waals surface area (Å²) in [6.07, 6.45) is 4.78. The first-order chi connectivity index (χ1) is 7.42. The quantitative estimate of drug-likeness (QED) is 0.535. The van der Waals surface area contributed by atoms with Crippen molar-refractivity contribution in [3.05, 3.63) is 0 Å². The lowest BCUT2D eigenvalue weighted by Gasteiger charge is -2.36. The summed E-state index contributed by atoms with van der Waals surface area (Å²) in [6, 6.07) is 0.366. The minimum absolute atomic E-state index is 0.366. The lowest BCUT2D eigenvalue weighted by Crippen LogP contribution is -2.50. The minimum Gasteiger partial charge on any atom is -0.381 e. The summed E-state index contributed by atoms with van der Waals surface area (Å²) in [6.45, 7) is 3.53. The molecule has 0 radical (unpaired) electrons. The van der Waals surface area contributed by atoms with Gasteiger partial charge in [-0.3, -0.25) is 11.3 Å². The Morgan fingerprint density at radius 2 is 1.53 bits per heavy atom. The van der Waals surface area contributed by atoms with Gasteiger partial charge in [0.2, 0.25) is 0 Å². The largest absolute Gasteiger partial charge is 0.381 e. The average molecular weight is 214 g/mol. The Labute approximate surface area is 91.5 Å². The second-order valence-corrected chi connectivity index (χ2v) is 4.65. The van der Waals surface area contributed by atoms with Crippen LogP contribution in [0.4, 0.5) is 0 Å². The fourth-order valence-corrected chi connectivity index (χ4v) is 2.75. The van der Waals surface area contributed by atoms with E-state index in [1.54, 1.807) is 0 Å². The van der Waals surface area contributed by atoms with Gasteiger partial charge in [0.05, 0.1) is 13.2 Å². The van der Waals surface area contributed by atoms with E-state index in [1.807, 2.05) is 0 Å². The Morgan fingerprint density at radius 3 is 1.87 bits per heavy atom. The highest BCUT2D eigenvalue weighted by Crippen LogP contribution is 2.26. The van der Waals surface area contributed by atoms with Crippen molar-refractivity contribution in [1.82, 2.24) is 5.43 Å². The molecule has 0 aliphatic carbocycles. The predicted octanol–water partition coefficient (Wildman–Crippen LogP) is 0.671. The molecule has 0 bridgehead atoms. The second kappa shape index (κ2) is 5.80. The lowest BCUT2D eigenvalue weighted by atomic mass is 9.82. The van der Waals surface area contributed by atoms with Gasteiger partial charge in [-0.05, 0) is 37.5 Å². The fraction of sp³-hybridized carbons (Fsp3) is 1.00. The van der Waals surface area contributed by atoms with E-state index in [2.05, 4.69) is 5.43 Å². The van der Waals surface area contributed by atoms with Crippen molar-refractivity contribution < 1.29 is 9.47 Å². The van der Waals surface area contributed by atoms with Gasteiger partial charge in [-0.15, -0.1) is 0 Å². The molecule has 2 aliphatic heterocycles. The highest BCUT2D eigenvalue weighted by atomic mass is 16.5. The summed E-state index contributed by atoms with van der Waals surface area (Å²) < 4.78 is 11.0. The lowest BCUT2D eigenvalue weighted by molar-refractivity contribution is -0.00810. The highest BCUT2D eigenvalue weighted by Gasteiger charge is 2.31. The van der Waals surface area contributed by atoms with Gasteiger partial charge in [-0.25, -0.2) is 0 Å². The Kier molecular flexibility index (Phi) is 4.38. The van der Waals surface area contributed by atoms with E-state index in [1.165, 1.54) is 12.8 Å². The van der Waals surface area contributed by atoms with Gasteiger partial charge in [0.1, 0.15) is 0 Å². The van der Waals surface area contributed by atoms with Crippen molar-refractivity contribution in [2.24, 2.45) is 17.7 Å². The van der Waals surface area contributed by atoms with E-state index in [-0.39, 0.29) is 0 Å². The maximum atomic E-state index is 5.67. The maximum Gasteiger partial charge on any atom is 0.0509 e. The van der Waals surface area contributed by atoms with Crippen molar-refractivity contribution in [3.8, 4) is 0 Å². The molecule has 2 aliphatic rings. The molecule has 2 unspecified atom stereocenters. The van der Waals surface area contributed by atoms with Gasteiger partial charge in [0.25, 0.3) is 0 Å². The third-order valence-corrected chi connectivity index (χ3v) is 3.60. The number of rotatable bonds is 3. The van der Waals surface area contributed by atoms with E-state index < -0.39 is 0 Å². The second-order valence-electron chi connectivity index (χ2n) is 4.65. The van der Waals surface area contributed by atoms with Crippen molar-refractivity contribution in [2.45, 2.75) is 31.7 Å². The van der Waals surface area contributed by atoms with E-state index in [4.69, 9.17) is 15.3 Å². The standard InChI is InChI=1S/C11H22N2O2/c12-13-11(9-3-1-5-14-7-9)10-4-2-6-15-8-10/h9-11,13H,1-8,12H2. The molecule has 2 atom stereocenters. The summed E-state index contributed by atoms with van der Waals surface area (Å²) in [5.74, 6) is 6.80. The van der Waals surface area contributed by atoms with Gasteiger partial charge >= 0.3 is 0 Å². The fourth-order valence-electron chi connectivity index (χ4n) is 2.75. The zero-order chi connectivity index (χ0) is 10.5. The van der Waals surface area contributed by atoms with E-state index in [0.717, 1.165) is 39.3 Å². The normalized spacial score (nSPS) is 35.0. The number of hydrogen-bond donors (Lipinski definition) is 2. The highest BCUT2D eigenvalue weighted by molar-refractivity contribution is 4.84. The third kappa shape index (κ3) is 2.91. The molecule has 4 heteroatoms. The van der Waals surface area contributed by atoms with Crippen molar-refractivity contribution in [2.75, 3.05) is 26.4 Å². The monoisotopic (exact) mass is 214 g/mol. The number of hydrogen-bond acceptors (Lipinski definition) is 4. The van der Waals surface area contributed by atoms with Crippen molar-refractivity contribution >= 4 is 0 Å². The molecule has 0 saturated carbocycles. The summed E-state index contributed by atoms with van der Waals surface area (Å²) >= 11 is 0. The molecule has 88 valence electrons. The SMILES string of the molecule is NNC(C1CCCOC1)C1CCCOC1. The topological polar surface area (TPSA) is 56.5 Å². The van der Waals surface area contributed by atoms with Gasteiger partial charge < -0.3 is 9.47 Å². The Balaban J connectivity index is 1.88. The molecule has 2 heterocycles. The Hall–Kier alpha value is -0.160. The molecule has 3 N–H and O–H groups in total. The first-order valence-corrected chi connectivity index (χ1v) is 6.03. The minimum atomic E-state index is 0.366. The van der Waals surface area contributed by atoms with Crippen LogP contribution in [0, 0.1) is 11.8 Å². The third-order valence-electron chi connectivity index (χ3n) is 3.60. The van der Waals surface area contributed by atoms with Crippen LogP contribution in [0.15, 0.2) is 0 Å². The van der Waals surface area contributed by atoms with Gasteiger partial charge in [-0.1, -0.05) is 0 Å². The summed E-state index contributed by atoms with van der Waals surface area (Å²) in [4.78, 5) is 0. The van der Waals surface area contributed by atoms with Crippen LogP contribution in [0.2, 0.25) is 0 Å².